The molecule has 19 heavy (non-hydrogen) atoms. The highest BCUT2D eigenvalue weighted by atomic mass is 32.2. The second-order valence-corrected chi connectivity index (χ2v) is 7.51. The van der Waals surface area contributed by atoms with Crippen LogP contribution in [0.4, 0.5) is 0 Å². The summed E-state index contributed by atoms with van der Waals surface area (Å²) in [7, 11) is 0. The highest BCUT2D eigenvalue weighted by Gasteiger charge is 2.31. The van der Waals surface area contributed by atoms with Crippen LogP contribution >= 0.6 is 23.5 Å². The predicted molar refractivity (Wildman–Crippen MR) is 76.6 cm³/mol. The molecule has 0 bridgehead atoms. The van der Waals surface area contributed by atoms with Crippen LogP contribution in [0, 0.1) is 5.92 Å². The maximum Gasteiger partial charge on any atom is 0.307 e. The number of nitrogens with zero attached hydrogens (tertiary/aromatic N) is 2. The molecule has 2 rings (SSSR count). The summed E-state index contributed by atoms with van der Waals surface area (Å²) in [6.45, 7) is 5.63. The number of aliphatic carboxylic acids is 1. The molecule has 1 aromatic heterocycles. The molecule has 4 atom stereocenters. The molecular weight excluding hydrogens is 284 g/mol. The van der Waals surface area contributed by atoms with Crippen LogP contribution in [0.3, 0.4) is 0 Å². The van der Waals surface area contributed by atoms with Crippen molar-refractivity contribution in [3.05, 3.63) is 11.7 Å². The van der Waals surface area contributed by atoms with Gasteiger partial charge in [-0.05, 0) is 0 Å². The van der Waals surface area contributed by atoms with E-state index in [0.717, 1.165) is 11.5 Å². The number of rotatable bonds is 4. The summed E-state index contributed by atoms with van der Waals surface area (Å²) in [6.07, 6.45) is 0. The van der Waals surface area contributed by atoms with Crippen LogP contribution in [0.5, 0.6) is 0 Å². The third-order valence-corrected chi connectivity index (χ3v) is 6.52. The van der Waals surface area contributed by atoms with E-state index in [1.165, 1.54) is 0 Å². The Balaban J connectivity index is 2.12. The molecule has 2 heterocycles. The van der Waals surface area contributed by atoms with Gasteiger partial charge in [0.05, 0.1) is 11.2 Å². The van der Waals surface area contributed by atoms with Gasteiger partial charge >= 0.3 is 5.97 Å². The minimum atomic E-state index is -0.844. The second-order valence-electron chi connectivity index (χ2n) is 4.77. The fourth-order valence-corrected chi connectivity index (χ4v) is 4.57. The molecule has 0 saturated carbocycles. The summed E-state index contributed by atoms with van der Waals surface area (Å²) in [5.74, 6) is 1.72. The maximum absolute atomic E-state index is 11.0. The zero-order valence-electron chi connectivity index (χ0n) is 11.2. The average Bonchev–Trinajstić information content (AvgIpc) is 2.86. The molecular formula is C12H18N2O3S2. The van der Waals surface area contributed by atoms with Gasteiger partial charge in [-0.3, -0.25) is 4.79 Å². The van der Waals surface area contributed by atoms with E-state index in [1.54, 1.807) is 6.92 Å². The number of aromatic nitrogens is 2. The molecule has 0 radical (unpaired) electrons. The molecule has 1 fully saturated rings. The lowest BCUT2D eigenvalue weighted by molar-refractivity contribution is -0.141. The van der Waals surface area contributed by atoms with Gasteiger partial charge in [0, 0.05) is 22.7 Å². The van der Waals surface area contributed by atoms with Crippen molar-refractivity contribution in [3.8, 4) is 0 Å². The van der Waals surface area contributed by atoms with Crippen LogP contribution in [0.2, 0.25) is 0 Å². The Morgan fingerprint density at radius 1 is 1.42 bits per heavy atom. The molecule has 0 spiro atoms. The van der Waals surface area contributed by atoms with Gasteiger partial charge in [0.1, 0.15) is 0 Å². The highest BCUT2D eigenvalue weighted by Crippen LogP contribution is 2.41. The van der Waals surface area contributed by atoms with E-state index in [-0.39, 0.29) is 11.2 Å². The monoisotopic (exact) mass is 302 g/mol. The van der Waals surface area contributed by atoms with Crippen molar-refractivity contribution in [3.63, 3.8) is 0 Å². The lowest BCUT2D eigenvalue weighted by atomic mass is 9.96. The average molecular weight is 302 g/mol. The summed E-state index contributed by atoms with van der Waals surface area (Å²) in [5, 5.41) is 13.7. The summed E-state index contributed by atoms with van der Waals surface area (Å²) >= 11 is 3.76. The van der Waals surface area contributed by atoms with E-state index < -0.39 is 11.9 Å². The fourth-order valence-electron chi connectivity index (χ4n) is 1.89. The quantitative estimate of drug-likeness (QED) is 0.916. The van der Waals surface area contributed by atoms with Crippen molar-refractivity contribution in [2.24, 2.45) is 5.92 Å². The molecule has 1 aromatic rings. The normalized spacial score (nSPS) is 26.9. The molecule has 0 aromatic carbocycles. The zero-order valence-corrected chi connectivity index (χ0v) is 12.8. The number of hydrogen-bond donors (Lipinski definition) is 1. The van der Waals surface area contributed by atoms with Crippen LogP contribution in [-0.2, 0) is 4.79 Å². The first-order chi connectivity index (χ1) is 9.00. The Kier molecular flexibility index (Phi) is 4.78. The van der Waals surface area contributed by atoms with Crippen molar-refractivity contribution in [1.82, 2.24) is 10.1 Å². The van der Waals surface area contributed by atoms with Crippen LogP contribution in [0.15, 0.2) is 4.52 Å². The number of carboxylic acid groups (broad SMARTS) is 1. The van der Waals surface area contributed by atoms with Crippen LogP contribution < -0.4 is 0 Å². The van der Waals surface area contributed by atoms with Crippen molar-refractivity contribution in [2.75, 3.05) is 11.5 Å². The van der Waals surface area contributed by atoms with E-state index >= 15 is 0 Å². The topological polar surface area (TPSA) is 76.2 Å². The van der Waals surface area contributed by atoms with Gasteiger partial charge < -0.3 is 9.63 Å². The van der Waals surface area contributed by atoms with E-state index in [1.807, 2.05) is 30.4 Å². The number of thioether (sulfide) groups is 2. The van der Waals surface area contributed by atoms with Crippen LogP contribution in [-0.4, -0.2) is 38.0 Å². The van der Waals surface area contributed by atoms with Crippen molar-refractivity contribution in [2.45, 2.75) is 37.2 Å². The van der Waals surface area contributed by atoms with Gasteiger partial charge in [0.15, 0.2) is 5.82 Å². The van der Waals surface area contributed by atoms with Crippen molar-refractivity contribution >= 4 is 29.5 Å². The Bertz CT molecular complexity index is 452. The summed E-state index contributed by atoms with van der Waals surface area (Å²) in [4.78, 5) is 15.4. The molecule has 1 aliphatic heterocycles. The summed E-state index contributed by atoms with van der Waals surface area (Å²) < 4.78 is 5.25. The van der Waals surface area contributed by atoms with Gasteiger partial charge in [-0.15, -0.1) is 11.8 Å². The van der Waals surface area contributed by atoms with Gasteiger partial charge in [-0.1, -0.05) is 25.9 Å². The molecule has 1 N–H and O–H groups in total. The predicted octanol–water partition coefficient (Wildman–Crippen LogP) is 2.80. The second kappa shape index (κ2) is 6.17. The van der Waals surface area contributed by atoms with Crippen molar-refractivity contribution in [1.29, 1.82) is 0 Å². The lowest BCUT2D eigenvalue weighted by Crippen LogP contribution is -2.18. The SMILES string of the molecule is CC1SCCSC1c1noc(C(C)C(C)C(=O)O)n1. The summed E-state index contributed by atoms with van der Waals surface area (Å²) in [5.41, 5.74) is 0. The molecule has 4 unspecified atom stereocenters. The summed E-state index contributed by atoms with van der Waals surface area (Å²) in [6, 6.07) is 0. The first-order valence-corrected chi connectivity index (χ1v) is 8.40. The third-order valence-electron chi connectivity index (χ3n) is 3.43. The first kappa shape index (κ1) is 14.7. The van der Waals surface area contributed by atoms with Gasteiger partial charge in [0.25, 0.3) is 0 Å². The van der Waals surface area contributed by atoms with Gasteiger partial charge in [-0.25, -0.2) is 0 Å². The van der Waals surface area contributed by atoms with E-state index in [9.17, 15) is 4.79 Å². The Labute approximate surface area is 120 Å². The first-order valence-electron chi connectivity index (χ1n) is 6.30. The van der Waals surface area contributed by atoms with E-state index in [0.29, 0.717) is 17.0 Å². The molecule has 5 nitrogen and oxygen atoms in total. The molecule has 7 heteroatoms. The van der Waals surface area contributed by atoms with E-state index in [2.05, 4.69) is 17.1 Å². The minimum Gasteiger partial charge on any atom is -0.481 e. The largest absolute Gasteiger partial charge is 0.481 e. The minimum absolute atomic E-state index is 0.239. The van der Waals surface area contributed by atoms with Crippen molar-refractivity contribution < 1.29 is 14.4 Å². The molecule has 0 aliphatic carbocycles. The molecule has 1 aliphatic rings. The molecule has 0 amide bonds. The maximum atomic E-state index is 11.0. The zero-order chi connectivity index (χ0) is 14.0. The standard InChI is InChI=1S/C12H18N2O3S2/c1-6(7(2)12(15)16)11-13-10(14-17-11)9-8(3)18-4-5-19-9/h6-9H,4-5H2,1-3H3,(H,15,16). The molecule has 106 valence electrons. The van der Waals surface area contributed by atoms with Crippen LogP contribution in [0.1, 0.15) is 43.7 Å². The van der Waals surface area contributed by atoms with Gasteiger partial charge in [0.2, 0.25) is 5.89 Å². The Hall–Kier alpha value is -0.690. The Morgan fingerprint density at radius 2 is 2.11 bits per heavy atom. The van der Waals surface area contributed by atoms with Gasteiger partial charge in [-0.2, -0.15) is 16.7 Å². The van der Waals surface area contributed by atoms with Crippen LogP contribution in [0.25, 0.3) is 0 Å². The Morgan fingerprint density at radius 3 is 2.74 bits per heavy atom. The highest BCUT2D eigenvalue weighted by molar-refractivity contribution is 8.06. The lowest BCUT2D eigenvalue weighted by Gasteiger charge is -2.24. The number of carbonyl (C=O) groups is 1. The third kappa shape index (κ3) is 3.25. The number of hydrogen-bond acceptors (Lipinski definition) is 6. The van der Waals surface area contributed by atoms with E-state index in [4.69, 9.17) is 9.63 Å². The smallest absolute Gasteiger partial charge is 0.307 e. The number of carboxylic acids is 1. The molecule has 1 saturated heterocycles. The fraction of sp³-hybridized carbons (Fsp3) is 0.750.